The Morgan fingerprint density at radius 2 is 1.67 bits per heavy atom. The fourth-order valence-corrected chi connectivity index (χ4v) is 1.87. The molecule has 1 aromatic rings. The molecule has 7 heteroatoms. The Bertz CT molecular complexity index is 576. The van der Waals surface area contributed by atoms with Gasteiger partial charge in [-0.2, -0.15) is 0 Å². The van der Waals surface area contributed by atoms with E-state index in [2.05, 4.69) is 0 Å². The summed E-state index contributed by atoms with van der Waals surface area (Å²) in [6.07, 6.45) is 0.434. The van der Waals surface area contributed by atoms with Crippen LogP contribution in [0, 0.1) is 0 Å². The summed E-state index contributed by atoms with van der Waals surface area (Å²) in [5.74, 6) is -2.73. The van der Waals surface area contributed by atoms with Crippen molar-refractivity contribution in [1.29, 1.82) is 0 Å². The van der Waals surface area contributed by atoms with Crippen molar-refractivity contribution in [3.8, 4) is 0 Å². The highest BCUT2D eigenvalue weighted by atomic mass is 16.7. The van der Waals surface area contributed by atoms with E-state index in [1.807, 2.05) is 0 Å². The van der Waals surface area contributed by atoms with Gasteiger partial charge >= 0.3 is 11.9 Å². The van der Waals surface area contributed by atoms with E-state index in [1.165, 1.54) is 12.1 Å². The van der Waals surface area contributed by atoms with Crippen LogP contribution in [0.3, 0.4) is 0 Å². The predicted molar refractivity (Wildman–Crippen MR) is 68.9 cm³/mol. The lowest BCUT2D eigenvalue weighted by atomic mass is 10.1. The molecule has 1 aromatic carbocycles. The van der Waals surface area contributed by atoms with Crippen molar-refractivity contribution in [1.82, 2.24) is 5.06 Å². The van der Waals surface area contributed by atoms with Crippen molar-refractivity contribution in [2.45, 2.75) is 25.7 Å². The number of hydrogen-bond acceptors (Lipinski definition) is 5. The first-order chi connectivity index (χ1) is 9.97. The minimum absolute atomic E-state index is 0.0104. The molecule has 1 heterocycles. The second-order valence-electron chi connectivity index (χ2n) is 4.55. The molecule has 0 aliphatic carbocycles. The highest BCUT2D eigenvalue weighted by Crippen LogP contribution is 2.13. The smallest absolute Gasteiger partial charge is 0.335 e. The van der Waals surface area contributed by atoms with Crippen LogP contribution >= 0.6 is 0 Å². The summed E-state index contributed by atoms with van der Waals surface area (Å²) < 4.78 is 0. The van der Waals surface area contributed by atoms with Gasteiger partial charge in [0.25, 0.3) is 11.8 Å². The average Bonchev–Trinajstić information content (AvgIpc) is 2.77. The number of carboxylic acids is 1. The Morgan fingerprint density at radius 1 is 1.10 bits per heavy atom. The number of hydroxylamine groups is 2. The fourth-order valence-electron chi connectivity index (χ4n) is 1.87. The zero-order valence-corrected chi connectivity index (χ0v) is 11.1. The lowest BCUT2D eigenvalue weighted by molar-refractivity contribution is -0.197. The van der Waals surface area contributed by atoms with E-state index >= 15 is 0 Å². The van der Waals surface area contributed by atoms with Gasteiger partial charge in [-0.3, -0.25) is 9.59 Å². The number of carbonyl (C=O) groups excluding carboxylic acids is 3. The normalized spacial score (nSPS) is 14.4. The van der Waals surface area contributed by atoms with Gasteiger partial charge in [0, 0.05) is 12.8 Å². The summed E-state index contributed by atoms with van der Waals surface area (Å²) in [5, 5.41) is 9.27. The first-order valence-corrected chi connectivity index (χ1v) is 6.36. The van der Waals surface area contributed by atoms with Gasteiger partial charge in [0.2, 0.25) is 0 Å². The molecule has 1 fully saturated rings. The minimum atomic E-state index is -1.02. The molecule has 1 N–H and O–H groups in total. The molecule has 1 aliphatic heterocycles. The Morgan fingerprint density at radius 3 is 2.19 bits per heavy atom. The number of carbonyl (C=O) groups is 4. The van der Waals surface area contributed by atoms with Crippen LogP contribution in [0.4, 0.5) is 0 Å². The van der Waals surface area contributed by atoms with Crippen LogP contribution in [-0.4, -0.2) is 33.9 Å². The molecule has 1 saturated heterocycles. The van der Waals surface area contributed by atoms with Crippen LogP contribution in [0.25, 0.3) is 0 Å². The van der Waals surface area contributed by atoms with Crippen LogP contribution in [0.15, 0.2) is 24.3 Å². The molecular formula is C14H13NO6. The van der Waals surface area contributed by atoms with Gasteiger partial charge in [-0.25, -0.2) is 9.59 Å². The molecule has 0 atom stereocenters. The molecule has 7 nitrogen and oxygen atoms in total. The number of amides is 2. The third kappa shape index (κ3) is 3.65. The predicted octanol–water partition coefficient (Wildman–Crippen LogP) is 0.925. The SMILES string of the molecule is O=C(CCc1ccc(C(=O)O)cc1)ON1C(=O)CCC1=O. The number of imide groups is 1. The first kappa shape index (κ1) is 14.7. The average molecular weight is 291 g/mol. The molecule has 0 radical (unpaired) electrons. The van der Waals surface area contributed by atoms with Crippen molar-refractivity contribution >= 4 is 23.8 Å². The summed E-state index contributed by atoms with van der Waals surface area (Å²) in [5.41, 5.74) is 0.922. The third-order valence-corrected chi connectivity index (χ3v) is 3.02. The van der Waals surface area contributed by atoms with Crippen LogP contribution in [0.2, 0.25) is 0 Å². The van der Waals surface area contributed by atoms with E-state index in [4.69, 9.17) is 9.94 Å². The van der Waals surface area contributed by atoms with Gasteiger partial charge in [0.15, 0.2) is 0 Å². The maximum atomic E-state index is 11.6. The summed E-state index contributed by atoms with van der Waals surface area (Å²) >= 11 is 0. The first-order valence-electron chi connectivity index (χ1n) is 6.36. The van der Waals surface area contributed by atoms with Crippen LogP contribution < -0.4 is 0 Å². The molecule has 0 aromatic heterocycles. The van der Waals surface area contributed by atoms with E-state index in [0.29, 0.717) is 11.5 Å². The number of aromatic carboxylic acids is 1. The molecular weight excluding hydrogens is 278 g/mol. The molecule has 1 aliphatic rings. The van der Waals surface area contributed by atoms with Crippen molar-refractivity contribution in [2.24, 2.45) is 0 Å². The minimum Gasteiger partial charge on any atom is -0.478 e. The largest absolute Gasteiger partial charge is 0.478 e. The topological polar surface area (TPSA) is 101 Å². The summed E-state index contributed by atoms with van der Waals surface area (Å²) in [4.78, 5) is 49.5. The van der Waals surface area contributed by atoms with Crippen LogP contribution in [0.1, 0.15) is 35.2 Å². The molecule has 0 spiro atoms. The maximum Gasteiger partial charge on any atom is 0.335 e. The van der Waals surface area contributed by atoms with Crippen molar-refractivity contribution in [2.75, 3.05) is 0 Å². The van der Waals surface area contributed by atoms with Crippen LogP contribution in [-0.2, 0) is 25.6 Å². The Kier molecular flexibility index (Phi) is 4.32. The lowest BCUT2D eigenvalue weighted by Gasteiger charge is -2.12. The third-order valence-electron chi connectivity index (χ3n) is 3.02. The molecule has 21 heavy (non-hydrogen) atoms. The zero-order chi connectivity index (χ0) is 15.4. The van der Waals surface area contributed by atoms with Gasteiger partial charge in [0.1, 0.15) is 0 Å². The number of carboxylic acid groups (broad SMARTS) is 1. The summed E-state index contributed by atoms with van der Waals surface area (Å²) in [6.45, 7) is 0. The summed E-state index contributed by atoms with van der Waals surface area (Å²) in [7, 11) is 0. The molecule has 2 amide bonds. The van der Waals surface area contributed by atoms with Gasteiger partial charge in [-0.15, -0.1) is 5.06 Å². The Hall–Kier alpha value is -2.70. The molecule has 0 bridgehead atoms. The van der Waals surface area contributed by atoms with Gasteiger partial charge in [0.05, 0.1) is 12.0 Å². The Labute approximate surface area is 120 Å². The van der Waals surface area contributed by atoms with E-state index in [0.717, 1.165) is 5.56 Å². The molecule has 0 saturated carbocycles. The van der Waals surface area contributed by atoms with Crippen molar-refractivity contribution in [3.05, 3.63) is 35.4 Å². The second-order valence-corrected chi connectivity index (χ2v) is 4.55. The Balaban J connectivity index is 1.85. The lowest BCUT2D eigenvalue weighted by Crippen LogP contribution is -2.32. The second kappa shape index (κ2) is 6.17. The van der Waals surface area contributed by atoms with E-state index in [-0.39, 0.29) is 24.8 Å². The van der Waals surface area contributed by atoms with E-state index in [1.54, 1.807) is 12.1 Å². The number of rotatable bonds is 5. The van der Waals surface area contributed by atoms with Gasteiger partial charge in [-0.05, 0) is 24.1 Å². The maximum absolute atomic E-state index is 11.6. The van der Waals surface area contributed by atoms with Gasteiger partial charge < -0.3 is 9.94 Å². The summed E-state index contributed by atoms with van der Waals surface area (Å²) in [6, 6.07) is 6.08. The molecule has 0 unspecified atom stereocenters. The van der Waals surface area contributed by atoms with Gasteiger partial charge in [-0.1, -0.05) is 12.1 Å². The van der Waals surface area contributed by atoms with E-state index < -0.39 is 23.8 Å². The fraction of sp³-hybridized carbons (Fsp3) is 0.286. The van der Waals surface area contributed by atoms with Crippen LogP contribution in [0.5, 0.6) is 0 Å². The number of benzene rings is 1. The quantitative estimate of drug-likeness (QED) is 0.810. The van der Waals surface area contributed by atoms with Crippen molar-refractivity contribution in [3.63, 3.8) is 0 Å². The molecule has 2 rings (SSSR count). The van der Waals surface area contributed by atoms with Crippen molar-refractivity contribution < 1.29 is 29.1 Å². The number of hydrogen-bond donors (Lipinski definition) is 1. The number of aryl methyl sites for hydroxylation is 1. The highest BCUT2D eigenvalue weighted by Gasteiger charge is 2.32. The zero-order valence-electron chi connectivity index (χ0n) is 11.1. The monoisotopic (exact) mass is 291 g/mol. The molecule has 110 valence electrons. The standard InChI is InChI=1S/C14H13NO6/c16-11-6-7-12(17)15(11)21-13(18)8-3-9-1-4-10(5-2-9)14(19)20/h1-2,4-5H,3,6-8H2,(H,19,20). The van der Waals surface area contributed by atoms with E-state index in [9.17, 15) is 19.2 Å². The number of nitrogens with zero attached hydrogens (tertiary/aromatic N) is 1. The highest BCUT2D eigenvalue weighted by molar-refractivity contribution is 6.01.